The second-order valence-electron chi connectivity index (χ2n) is 2.59. The summed E-state index contributed by atoms with van der Waals surface area (Å²) in [7, 11) is -4.67. The van der Waals surface area contributed by atoms with Crippen LogP contribution in [-0.2, 0) is 10.4 Å². The third-order valence-electron chi connectivity index (χ3n) is 1.11. The van der Waals surface area contributed by atoms with Gasteiger partial charge in [0.2, 0.25) is 0 Å². The summed E-state index contributed by atoms with van der Waals surface area (Å²) in [4.78, 5) is 0. The minimum absolute atomic E-state index is 0. The van der Waals surface area contributed by atoms with Crippen LogP contribution in [0, 0.1) is 0 Å². The molecule has 0 spiro atoms. The fourth-order valence-corrected chi connectivity index (χ4v) is 0.356. The van der Waals surface area contributed by atoms with Crippen molar-refractivity contribution in [2.75, 3.05) is 0 Å². The summed E-state index contributed by atoms with van der Waals surface area (Å²) in [5.74, 6) is -14.3. The van der Waals surface area contributed by atoms with Crippen LogP contribution in [0.1, 0.15) is 0 Å². The number of alkyl halides is 10. The first-order chi connectivity index (χ1) is 7.75. The Morgan fingerprint density at radius 2 is 0.700 bits per heavy atom. The summed E-state index contributed by atoms with van der Waals surface area (Å²) in [6.45, 7) is 0. The van der Waals surface area contributed by atoms with Crippen LogP contribution in [0.4, 0.5) is 43.9 Å². The molecule has 0 aromatic carbocycles. The molecule has 0 aromatic rings. The molecule has 20 heavy (non-hydrogen) atoms. The monoisotopic (exact) mass is 360 g/mol. The Morgan fingerprint density at radius 1 is 0.600 bits per heavy atom. The summed E-state index contributed by atoms with van der Waals surface area (Å²) in [6, 6.07) is 0. The van der Waals surface area contributed by atoms with Crippen molar-refractivity contribution in [1.82, 2.24) is 0 Å². The van der Waals surface area contributed by atoms with Crippen LogP contribution < -0.4 is 0 Å². The van der Waals surface area contributed by atoms with Gasteiger partial charge in [-0.3, -0.25) is 9.11 Å². The van der Waals surface area contributed by atoms with Crippen molar-refractivity contribution in [2.24, 2.45) is 0 Å². The average molecular weight is 360 g/mol. The van der Waals surface area contributed by atoms with E-state index in [1.807, 2.05) is 0 Å². The normalized spacial score (nSPS) is 14.0. The van der Waals surface area contributed by atoms with E-state index >= 15 is 0 Å². The van der Waals surface area contributed by atoms with Crippen LogP contribution in [-0.4, -0.2) is 71.3 Å². The summed E-state index contributed by atoms with van der Waals surface area (Å²) in [5, 5.41) is 0. The van der Waals surface area contributed by atoms with E-state index in [9.17, 15) is 43.9 Å². The molecule has 0 unspecified atom stereocenters. The van der Waals surface area contributed by atoms with Gasteiger partial charge in [-0.1, -0.05) is 0 Å². The van der Waals surface area contributed by atoms with Gasteiger partial charge in [-0.15, -0.1) is 0 Å². The molecule has 0 aliphatic rings. The maximum absolute atomic E-state index is 11.6. The van der Waals surface area contributed by atoms with Crippen LogP contribution in [0.25, 0.3) is 0 Å². The second-order valence-corrected chi connectivity index (χ2v) is 3.49. The summed E-state index contributed by atoms with van der Waals surface area (Å²) < 4.78 is 145. The Balaban J connectivity index is -0.000000414. The van der Waals surface area contributed by atoms with Crippen LogP contribution in [0.15, 0.2) is 0 Å². The van der Waals surface area contributed by atoms with Crippen molar-refractivity contribution in [2.45, 2.75) is 24.2 Å². The van der Waals surface area contributed by atoms with Crippen LogP contribution in [0.3, 0.4) is 0 Å². The Bertz CT molecular complexity index is 364. The van der Waals surface area contributed by atoms with Crippen molar-refractivity contribution in [3.05, 3.63) is 0 Å². The van der Waals surface area contributed by atoms with Crippen molar-refractivity contribution < 1.29 is 61.4 Å². The van der Waals surface area contributed by atoms with Crippen molar-refractivity contribution in [1.29, 1.82) is 0 Å². The van der Waals surface area contributed by atoms with Gasteiger partial charge in [0.15, 0.2) is 0 Å². The van der Waals surface area contributed by atoms with E-state index in [1.54, 1.807) is 0 Å². The third-order valence-corrected chi connectivity index (χ3v) is 1.11. The van der Waals surface area contributed by atoms with Gasteiger partial charge < -0.3 is 0 Å². The number of hydrogen-bond acceptors (Lipinski definition) is 2. The average Bonchev–Trinajstić information content (AvgIpc) is 1.95. The molecular formula is C4H3F10NaO4S. The van der Waals surface area contributed by atoms with Crippen LogP contribution in [0.2, 0.25) is 0 Å². The Kier molecular flexibility index (Phi) is 8.74. The zero-order chi connectivity index (χ0) is 16.5. The maximum atomic E-state index is 11.6. The summed E-state index contributed by atoms with van der Waals surface area (Å²) in [6.07, 6.45) is -13.9. The van der Waals surface area contributed by atoms with E-state index in [0.717, 1.165) is 0 Å². The molecule has 4 nitrogen and oxygen atoms in total. The van der Waals surface area contributed by atoms with E-state index in [2.05, 4.69) is 0 Å². The molecule has 0 aliphatic carbocycles. The minimum atomic E-state index is -7.14. The molecule has 0 amide bonds. The molecule has 0 bridgehead atoms. The Labute approximate surface area is 126 Å². The quantitative estimate of drug-likeness (QED) is 0.427. The predicted molar refractivity (Wildman–Crippen MR) is 43.3 cm³/mol. The van der Waals surface area contributed by atoms with Gasteiger partial charge in [0, 0.05) is 0 Å². The number of rotatable bonds is 1. The van der Waals surface area contributed by atoms with Gasteiger partial charge >= 0.3 is 64.2 Å². The Hall–Kier alpha value is 0.170. The van der Waals surface area contributed by atoms with Gasteiger partial charge in [-0.25, -0.2) is 0 Å². The first-order valence-corrected chi connectivity index (χ1v) is 4.74. The first-order valence-electron chi connectivity index (χ1n) is 3.34. The number of hydrogen-bond donors (Lipinski definition) is 2. The zero-order valence-electron chi connectivity index (χ0n) is 7.90. The summed E-state index contributed by atoms with van der Waals surface area (Å²) >= 11 is 0. The van der Waals surface area contributed by atoms with Gasteiger partial charge in [-0.05, 0) is 0 Å². The molecule has 0 rings (SSSR count). The standard InChI is InChI=1S/C4F10.Na.H2O4S.H/c5-1(6,3(9,10)11)2(7,8)4(12,13)14;;1-5(2,3)4;/h;;(H2,1,2,3,4);. The molecular weight excluding hydrogens is 357 g/mol. The molecule has 0 radical (unpaired) electrons. The fourth-order valence-electron chi connectivity index (χ4n) is 0.356. The predicted octanol–water partition coefficient (Wildman–Crippen LogP) is 2.08. The molecule has 0 aliphatic heterocycles. The Morgan fingerprint density at radius 3 is 0.750 bits per heavy atom. The van der Waals surface area contributed by atoms with Gasteiger partial charge in [-0.2, -0.15) is 52.3 Å². The third kappa shape index (κ3) is 7.26. The molecule has 120 valence electrons. The molecule has 0 saturated heterocycles. The van der Waals surface area contributed by atoms with E-state index in [-0.39, 0.29) is 29.6 Å². The van der Waals surface area contributed by atoms with E-state index < -0.39 is 34.6 Å². The molecule has 0 heterocycles. The van der Waals surface area contributed by atoms with Crippen molar-refractivity contribution in [3.63, 3.8) is 0 Å². The van der Waals surface area contributed by atoms with Crippen molar-refractivity contribution >= 4 is 40.0 Å². The van der Waals surface area contributed by atoms with Gasteiger partial charge in [0.25, 0.3) is 0 Å². The molecule has 0 aromatic heterocycles. The molecule has 2 N–H and O–H groups in total. The molecule has 0 atom stereocenters. The van der Waals surface area contributed by atoms with E-state index in [1.165, 1.54) is 0 Å². The fraction of sp³-hybridized carbons (Fsp3) is 1.00. The first kappa shape index (κ1) is 25.1. The molecule has 0 fully saturated rings. The van der Waals surface area contributed by atoms with Gasteiger partial charge in [0.05, 0.1) is 0 Å². The van der Waals surface area contributed by atoms with Gasteiger partial charge in [0.1, 0.15) is 0 Å². The van der Waals surface area contributed by atoms with Crippen LogP contribution >= 0.6 is 0 Å². The summed E-state index contributed by atoms with van der Waals surface area (Å²) in [5.41, 5.74) is 0. The topological polar surface area (TPSA) is 74.6 Å². The van der Waals surface area contributed by atoms with Crippen LogP contribution in [0.5, 0.6) is 0 Å². The SMILES string of the molecule is FC(F)(F)C(F)(F)C(F)(F)C(F)(F)F.O=S(=O)(O)O.[NaH]. The number of halogens is 10. The van der Waals surface area contributed by atoms with Crippen molar-refractivity contribution in [3.8, 4) is 0 Å². The van der Waals surface area contributed by atoms with E-state index in [4.69, 9.17) is 17.5 Å². The van der Waals surface area contributed by atoms with E-state index in [0.29, 0.717) is 0 Å². The molecule has 0 saturated carbocycles. The second kappa shape index (κ2) is 6.95. The zero-order valence-corrected chi connectivity index (χ0v) is 8.72. The molecule has 16 heteroatoms.